The number of hydrogen-bond donors (Lipinski definition) is 2. The molecule has 3 aromatic rings. The summed E-state index contributed by atoms with van der Waals surface area (Å²) in [5.41, 5.74) is 2.51. The summed E-state index contributed by atoms with van der Waals surface area (Å²) in [4.78, 5) is 8.84. The van der Waals surface area contributed by atoms with Gasteiger partial charge in [-0.1, -0.05) is 60.7 Å². The lowest BCUT2D eigenvalue weighted by molar-refractivity contribution is 0.666. The Labute approximate surface area is 161 Å². The second kappa shape index (κ2) is 9.57. The molecule has 2 N–H and O–H groups in total. The average molecular weight is 361 g/mol. The summed E-state index contributed by atoms with van der Waals surface area (Å²) in [6, 6.07) is 21.0. The van der Waals surface area contributed by atoms with Gasteiger partial charge < -0.3 is 15.2 Å². The van der Waals surface area contributed by atoms with E-state index in [4.69, 9.17) is 0 Å². The first-order valence-electron chi connectivity index (χ1n) is 9.32. The first kappa shape index (κ1) is 18.7. The Hall–Kier alpha value is -3.08. The van der Waals surface area contributed by atoms with Crippen molar-refractivity contribution >= 4 is 5.96 Å². The Morgan fingerprint density at radius 1 is 1.07 bits per heavy atom. The van der Waals surface area contributed by atoms with Gasteiger partial charge in [-0.2, -0.15) is 0 Å². The van der Waals surface area contributed by atoms with E-state index in [0.717, 1.165) is 31.3 Å². The lowest BCUT2D eigenvalue weighted by Crippen LogP contribution is -2.39. The normalized spacial score (nSPS) is 12.6. The average Bonchev–Trinajstić information content (AvgIpc) is 3.15. The van der Waals surface area contributed by atoms with E-state index in [2.05, 4.69) is 80.6 Å². The first-order valence-corrected chi connectivity index (χ1v) is 9.32. The number of guanidine groups is 1. The minimum absolute atomic E-state index is 0.192. The molecule has 140 valence electrons. The van der Waals surface area contributed by atoms with Crippen molar-refractivity contribution in [1.29, 1.82) is 0 Å². The van der Waals surface area contributed by atoms with Crippen LogP contribution in [0.5, 0.6) is 0 Å². The monoisotopic (exact) mass is 361 g/mol. The predicted molar refractivity (Wildman–Crippen MR) is 111 cm³/mol. The molecule has 0 fully saturated rings. The second-order valence-corrected chi connectivity index (χ2v) is 6.48. The first-order chi connectivity index (χ1) is 13.3. The molecule has 0 aliphatic heterocycles. The van der Waals surface area contributed by atoms with E-state index in [1.54, 1.807) is 7.05 Å². The van der Waals surface area contributed by atoms with Gasteiger partial charge in [-0.05, 0) is 18.1 Å². The topological polar surface area (TPSA) is 54.2 Å². The van der Waals surface area contributed by atoms with Gasteiger partial charge in [-0.25, -0.2) is 4.98 Å². The van der Waals surface area contributed by atoms with Crippen molar-refractivity contribution in [3.8, 4) is 0 Å². The van der Waals surface area contributed by atoms with E-state index < -0.39 is 0 Å². The molecule has 1 unspecified atom stereocenters. The lowest BCUT2D eigenvalue weighted by Gasteiger charge is -2.18. The molecule has 0 saturated heterocycles. The fourth-order valence-corrected chi connectivity index (χ4v) is 3.01. The second-order valence-electron chi connectivity index (χ2n) is 6.48. The Morgan fingerprint density at radius 3 is 2.48 bits per heavy atom. The third-order valence-electron chi connectivity index (χ3n) is 4.51. The Morgan fingerprint density at radius 2 is 1.78 bits per heavy atom. The summed E-state index contributed by atoms with van der Waals surface area (Å²) < 4.78 is 2.19. The summed E-state index contributed by atoms with van der Waals surface area (Å²) in [7, 11) is 1.80. The predicted octanol–water partition coefficient (Wildman–Crippen LogP) is 3.40. The van der Waals surface area contributed by atoms with Gasteiger partial charge in [-0.15, -0.1) is 0 Å². The molecule has 5 heteroatoms. The highest BCUT2D eigenvalue weighted by molar-refractivity contribution is 5.80. The van der Waals surface area contributed by atoms with Crippen molar-refractivity contribution in [2.24, 2.45) is 4.99 Å². The van der Waals surface area contributed by atoms with Crippen molar-refractivity contribution in [2.75, 3.05) is 13.6 Å². The highest BCUT2D eigenvalue weighted by Crippen LogP contribution is 2.10. The Kier molecular flexibility index (Phi) is 6.63. The maximum atomic E-state index is 4.51. The van der Waals surface area contributed by atoms with Gasteiger partial charge in [-0.3, -0.25) is 4.99 Å². The fourth-order valence-electron chi connectivity index (χ4n) is 3.01. The van der Waals surface area contributed by atoms with E-state index in [0.29, 0.717) is 0 Å². The largest absolute Gasteiger partial charge is 0.356 e. The van der Waals surface area contributed by atoms with Crippen LogP contribution in [0.1, 0.15) is 29.9 Å². The zero-order valence-corrected chi connectivity index (χ0v) is 16.0. The number of benzene rings is 2. The van der Waals surface area contributed by atoms with Crippen LogP contribution in [-0.2, 0) is 13.0 Å². The van der Waals surface area contributed by atoms with Crippen LogP contribution in [0.3, 0.4) is 0 Å². The third-order valence-corrected chi connectivity index (χ3v) is 4.51. The standard InChI is InChI=1S/C22H27N5/c1-18(20-11-7-4-8-12-20)26-22(23-2)25-14-13-21-24-15-16-27(21)17-19-9-5-3-6-10-19/h3-12,15-16,18H,13-14,17H2,1-2H3,(H2,23,25,26). The molecule has 1 atom stereocenters. The van der Waals surface area contributed by atoms with Gasteiger partial charge in [0.2, 0.25) is 0 Å². The summed E-state index contributed by atoms with van der Waals surface area (Å²) in [5, 5.41) is 6.81. The van der Waals surface area contributed by atoms with Gasteiger partial charge in [0, 0.05) is 39.0 Å². The summed E-state index contributed by atoms with van der Waals surface area (Å²) in [6.45, 7) is 3.75. The molecule has 0 saturated carbocycles. The van der Waals surface area contributed by atoms with E-state index >= 15 is 0 Å². The molecule has 5 nitrogen and oxygen atoms in total. The minimum Gasteiger partial charge on any atom is -0.356 e. The molecule has 0 aliphatic rings. The van der Waals surface area contributed by atoms with Gasteiger partial charge in [0.05, 0.1) is 6.04 Å². The van der Waals surface area contributed by atoms with Crippen LogP contribution in [0.4, 0.5) is 0 Å². The number of aliphatic imine (C=N–C) groups is 1. The van der Waals surface area contributed by atoms with Crippen molar-refractivity contribution in [3.63, 3.8) is 0 Å². The maximum Gasteiger partial charge on any atom is 0.191 e. The number of nitrogens with one attached hydrogen (secondary N) is 2. The molecule has 0 amide bonds. The summed E-state index contributed by atoms with van der Waals surface area (Å²) in [5.74, 6) is 1.87. The molecule has 0 bridgehead atoms. The highest BCUT2D eigenvalue weighted by atomic mass is 15.2. The molecular formula is C22H27N5. The smallest absolute Gasteiger partial charge is 0.191 e. The van der Waals surface area contributed by atoms with E-state index in [1.807, 2.05) is 24.5 Å². The molecule has 27 heavy (non-hydrogen) atoms. The fraction of sp³-hybridized carbons (Fsp3) is 0.273. The van der Waals surface area contributed by atoms with Gasteiger partial charge in [0.15, 0.2) is 5.96 Å². The molecule has 1 aromatic heterocycles. The van der Waals surface area contributed by atoms with Crippen molar-refractivity contribution in [2.45, 2.75) is 25.9 Å². The van der Waals surface area contributed by atoms with Crippen LogP contribution in [0.15, 0.2) is 78.0 Å². The van der Waals surface area contributed by atoms with Crippen molar-refractivity contribution < 1.29 is 0 Å². The van der Waals surface area contributed by atoms with Crippen molar-refractivity contribution in [3.05, 3.63) is 90.0 Å². The number of imidazole rings is 1. The van der Waals surface area contributed by atoms with Crippen LogP contribution in [0.25, 0.3) is 0 Å². The molecule has 0 spiro atoms. The van der Waals surface area contributed by atoms with Crippen LogP contribution in [0.2, 0.25) is 0 Å². The van der Waals surface area contributed by atoms with Crippen LogP contribution in [-0.4, -0.2) is 29.1 Å². The zero-order valence-electron chi connectivity index (χ0n) is 16.0. The van der Waals surface area contributed by atoms with Crippen LogP contribution in [0, 0.1) is 0 Å². The lowest BCUT2D eigenvalue weighted by atomic mass is 10.1. The number of nitrogens with zero attached hydrogens (tertiary/aromatic N) is 3. The SMILES string of the molecule is CN=C(NCCc1nccn1Cc1ccccc1)NC(C)c1ccccc1. The number of rotatable bonds is 7. The molecule has 2 aromatic carbocycles. The molecular weight excluding hydrogens is 334 g/mol. The van der Waals surface area contributed by atoms with Crippen LogP contribution >= 0.6 is 0 Å². The van der Waals surface area contributed by atoms with Gasteiger partial charge in [0.25, 0.3) is 0 Å². The third kappa shape index (κ3) is 5.45. The maximum absolute atomic E-state index is 4.51. The molecule has 0 radical (unpaired) electrons. The van der Waals surface area contributed by atoms with Crippen molar-refractivity contribution in [1.82, 2.24) is 20.2 Å². The number of hydrogen-bond acceptors (Lipinski definition) is 2. The summed E-state index contributed by atoms with van der Waals surface area (Å²) in [6.07, 6.45) is 4.73. The summed E-state index contributed by atoms with van der Waals surface area (Å²) >= 11 is 0. The van der Waals surface area contributed by atoms with Gasteiger partial charge >= 0.3 is 0 Å². The van der Waals surface area contributed by atoms with E-state index in [1.165, 1.54) is 11.1 Å². The highest BCUT2D eigenvalue weighted by Gasteiger charge is 2.08. The van der Waals surface area contributed by atoms with Crippen LogP contribution < -0.4 is 10.6 Å². The quantitative estimate of drug-likeness (QED) is 0.501. The number of aromatic nitrogens is 2. The Bertz CT molecular complexity index is 839. The van der Waals surface area contributed by atoms with Gasteiger partial charge in [0.1, 0.15) is 5.82 Å². The molecule has 3 rings (SSSR count). The Balaban J connectivity index is 1.51. The molecule has 0 aliphatic carbocycles. The zero-order chi connectivity index (χ0) is 18.9. The molecule has 1 heterocycles. The van der Waals surface area contributed by atoms with E-state index in [-0.39, 0.29) is 6.04 Å². The minimum atomic E-state index is 0.192. The van der Waals surface area contributed by atoms with E-state index in [9.17, 15) is 0 Å².